The maximum Gasteiger partial charge on any atom is 0.252 e. The lowest BCUT2D eigenvalue weighted by Gasteiger charge is -2.10. The van der Waals surface area contributed by atoms with E-state index in [0.717, 1.165) is 0 Å². The molecule has 0 radical (unpaired) electrons. The fourth-order valence-corrected chi connectivity index (χ4v) is 3.25. The average Bonchev–Trinajstić information content (AvgIpc) is 2.51. The van der Waals surface area contributed by atoms with Crippen LogP contribution in [0.2, 0.25) is 0 Å². The minimum atomic E-state index is -3.39. The maximum atomic E-state index is 12.1. The smallest absolute Gasteiger partial charge is 0.252 e. The number of aryl methyl sites for hydroxylation is 1. The van der Waals surface area contributed by atoms with E-state index >= 15 is 0 Å². The van der Waals surface area contributed by atoms with Gasteiger partial charge < -0.3 is 9.88 Å². The molecule has 1 N–H and O–H groups in total. The van der Waals surface area contributed by atoms with Crippen molar-refractivity contribution < 1.29 is 13.2 Å². The quantitative estimate of drug-likeness (QED) is 0.895. The molecule has 7 heteroatoms. The molecule has 1 aromatic heterocycles. The minimum absolute atomic E-state index is 0.0274. The number of carbonyl (C=O) groups is 1. The Morgan fingerprint density at radius 3 is 2.57 bits per heavy atom. The molecule has 2 rings (SSSR count). The monoisotopic (exact) mass is 334 g/mol. The Labute approximate surface area is 134 Å². The van der Waals surface area contributed by atoms with Crippen LogP contribution in [0, 0.1) is 0 Å². The van der Waals surface area contributed by atoms with Gasteiger partial charge in [0.1, 0.15) is 0 Å². The highest BCUT2D eigenvalue weighted by atomic mass is 32.2. The summed E-state index contributed by atoms with van der Waals surface area (Å²) < 4.78 is 25.5. The van der Waals surface area contributed by atoms with Crippen molar-refractivity contribution in [3.05, 3.63) is 58.5 Å². The Hall–Kier alpha value is -2.41. The van der Waals surface area contributed by atoms with Crippen molar-refractivity contribution in [1.29, 1.82) is 0 Å². The van der Waals surface area contributed by atoms with Crippen LogP contribution in [-0.4, -0.2) is 24.6 Å². The molecule has 0 fully saturated rings. The van der Waals surface area contributed by atoms with Crippen molar-refractivity contribution in [2.24, 2.45) is 7.05 Å². The lowest BCUT2D eigenvalue weighted by Crippen LogP contribution is -2.20. The molecule has 0 spiro atoms. The number of pyridine rings is 1. The van der Waals surface area contributed by atoms with Gasteiger partial charge in [-0.25, -0.2) is 8.42 Å². The Bertz CT molecular complexity index is 885. The molecule has 0 bridgehead atoms. The number of carbonyl (C=O) groups excluding carboxylic acids is 1. The number of amides is 1. The maximum absolute atomic E-state index is 12.1. The molecule has 1 heterocycles. The van der Waals surface area contributed by atoms with Gasteiger partial charge in [0.05, 0.1) is 17.1 Å². The second-order valence-electron chi connectivity index (χ2n) is 5.10. The summed E-state index contributed by atoms with van der Waals surface area (Å²) in [5.41, 5.74) is 0.585. The highest BCUT2D eigenvalue weighted by Crippen LogP contribution is 2.18. The molecule has 122 valence electrons. The zero-order valence-electron chi connectivity index (χ0n) is 12.9. The van der Waals surface area contributed by atoms with Crippen molar-refractivity contribution in [1.82, 2.24) is 4.57 Å². The van der Waals surface area contributed by atoms with E-state index in [2.05, 4.69) is 5.32 Å². The Morgan fingerprint density at radius 1 is 1.22 bits per heavy atom. The lowest BCUT2D eigenvalue weighted by molar-refractivity contribution is -0.115. The molecule has 0 unspecified atom stereocenters. The first-order valence-electron chi connectivity index (χ1n) is 7.10. The van der Waals surface area contributed by atoms with Crippen LogP contribution in [0.4, 0.5) is 5.69 Å². The summed E-state index contributed by atoms with van der Waals surface area (Å²) in [6.45, 7) is 1.56. The third-order valence-corrected chi connectivity index (χ3v) is 5.26. The molecule has 0 atom stereocenters. The predicted octanol–water partition coefficient (Wildman–Crippen LogP) is 1.36. The van der Waals surface area contributed by atoms with Crippen LogP contribution in [0.25, 0.3) is 0 Å². The normalized spacial score (nSPS) is 11.2. The van der Waals surface area contributed by atoms with Crippen LogP contribution in [0.1, 0.15) is 12.5 Å². The predicted molar refractivity (Wildman–Crippen MR) is 88.2 cm³/mol. The number of sulfone groups is 1. The molecule has 23 heavy (non-hydrogen) atoms. The van der Waals surface area contributed by atoms with Crippen LogP contribution in [0.15, 0.2) is 52.3 Å². The number of benzene rings is 1. The fraction of sp³-hybridized carbons (Fsp3) is 0.250. The van der Waals surface area contributed by atoms with Crippen LogP contribution in [0.3, 0.4) is 0 Å². The van der Waals surface area contributed by atoms with Gasteiger partial charge in [0.25, 0.3) is 5.56 Å². The van der Waals surface area contributed by atoms with E-state index in [1.54, 1.807) is 44.4 Å². The first kappa shape index (κ1) is 17.0. The second-order valence-corrected chi connectivity index (χ2v) is 7.35. The summed E-state index contributed by atoms with van der Waals surface area (Å²) in [5.74, 6) is -0.405. The molecule has 0 aliphatic heterocycles. The van der Waals surface area contributed by atoms with Gasteiger partial charge in [-0.15, -0.1) is 0 Å². The van der Waals surface area contributed by atoms with Crippen LogP contribution in [0.5, 0.6) is 0 Å². The number of anilines is 1. The lowest BCUT2D eigenvalue weighted by atomic mass is 10.1. The SMILES string of the molecule is CCS(=O)(=O)c1ccccc1CC(=O)Nc1ccn(C)c(=O)c1. The Balaban J connectivity index is 2.21. The topological polar surface area (TPSA) is 85.2 Å². The highest BCUT2D eigenvalue weighted by Gasteiger charge is 2.17. The standard InChI is InChI=1S/C16H18N2O4S/c1-3-23(21,22)14-7-5-4-6-12(14)10-15(19)17-13-8-9-18(2)16(20)11-13/h4-9,11H,3,10H2,1-2H3,(H,17,19). The van der Waals surface area contributed by atoms with Crippen LogP contribution >= 0.6 is 0 Å². The van der Waals surface area contributed by atoms with E-state index in [0.29, 0.717) is 11.3 Å². The molecular formula is C16H18N2O4S. The van der Waals surface area contributed by atoms with Gasteiger partial charge in [0, 0.05) is 25.0 Å². The van der Waals surface area contributed by atoms with Gasteiger partial charge >= 0.3 is 0 Å². The molecule has 0 aliphatic rings. The zero-order chi connectivity index (χ0) is 17.0. The van der Waals surface area contributed by atoms with Crippen molar-refractivity contribution >= 4 is 21.4 Å². The average molecular weight is 334 g/mol. The third kappa shape index (κ3) is 4.07. The van der Waals surface area contributed by atoms with Gasteiger partial charge in [-0.1, -0.05) is 25.1 Å². The van der Waals surface area contributed by atoms with Gasteiger partial charge in [0.2, 0.25) is 5.91 Å². The summed E-state index contributed by atoms with van der Waals surface area (Å²) in [6, 6.07) is 9.35. The first-order valence-corrected chi connectivity index (χ1v) is 8.76. The van der Waals surface area contributed by atoms with E-state index in [9.17, 15) is 18.0 Å². The van der Waals surface area contributed by atoms with E-state index in [4.69, 9.17) is 0 Å². The Morgan fingerprint density at radius 2 is 1.91 bits per heavy atom. The van der Waals surface area contributed by atoms with Crippen molar-refractivity contribution in [2.75, 3.05) is 11.1 Å². The largest absolute Gasteiger partial charge is 0.326 e. The molecule has 1 aromatic carbocycles. The third-order valence-electron chi connectivity index (χ3n) is 3.43. The molecule has 2 aromatic rings. The van der Waals surface area contributed by atoms with Gasteiger partial charge in [0.15, 0.2) is 9.84 Å². The van der Waals surface area contributed by atoms with Gasteiger partial charge in [-0.2, -0.15) is 0 Å². The number of rotatable bonds is 5. The minimum Gasteiger partial charge on any atom is -0.326 e. The zero-order valence-corrected chi connectivity index (χ0v) is 13.8. The summed E-state index contributed by atoms with van der Waals surface area (Å²) in [4.78, 5) is 23.8. The number of aromatic nitrogens is 1. The van der Waals surface area contributed by atoms with Gasteiger partial charge in [-0.3, -0.25) is 9.59 Å². The first-order chi connectivity index (χ1) is 10.8. The number of hydrogen-bond donors (Lipinski definition) is 1. The molecular weight excluding hydrogens is 316 g/mol. The van der Waals surface area contributed by atoms with E-state index < -0.39 is 9.84 Å². The number of hydrogen-bond acceptors (Lipinski definition) is 4. The van der Waals surface area contributed by atoms with Crippen molar-refractivity contribution in [3.63, 3.8) is 0 Å². The van der Waals surface area contributed by atoms with E-state index in [1.165, 1.54) is 16.7 Å². The van der Waals surface area contributed by atoms with Crippen molar-refractivity contribution in [3.8, 4) is 0 Å². The second kappa shape index (κ2) is 6.78. The van der Waals surface area contributed by atoms with Crippen LogP contribution in [-0.2, 0) is 28.1 Å². The summed E-state index contributed by atoms with van der Waals surface area (Å²) >= 11 is 0. The molecule has 0 saturated carbocycles. The summed E-state index contributed by atoms with van der Waals surface area (Å²) in [5, 5.41) is 2.61. The number of nitrogens with one attached hydrogen (secondary N) is 1. The summed E-state index contributed by atoms with van der Waals surface area (Å²) in [7, 11) is -1.78. The number of nitrogens with zero attached hydrogens (tertiary/aromatic N) is 1. The van der Waals surface area contributed by atoms with Crippen molar-refractivity contribution in [2.45, 2.75) is 18.2 Å². The van der Waals surface area contributed by atoms with Gasteiger partial charge in [-0.05, 0) is 17.7 Å². The summed E-state index contributed by atoms with van der Waals surface area (Å²) in [6.07, 6.45) is 1.47. The molecule has 1 amide bonds. The highest BCUT2D eigenvalue weighted by molar-refractivity contribution is 7.91. The Kier molecular flexibility index (Phi) is 5.00. The van der Waals surface area contributed by atoms with E-state index in [1.807, 2.05) is 0 Å². The molecule has 0 aliphatic carbocycles. The fourth-order valence-electron chi connectivity index (χ4n) is 2.11. The van der Waals surface area contributed by atoms with E-state index in [-0.39, 0.29) is 28.5 Å². The van der Waals surface area contributed by atoms with Crippen LogP contribution < -0.4 is 10.9 Å². The molecule has 6 nitrogen and oxygen atoms in total. The molecule has 0 saturated heterocycles.